The average Bonchev–Trinajstić information content (AvgIpc) is 3.40. The molecule has 0 aromatic carbocycles. The number of unbranched alkanes of at least 4 members (excludes halogenated alkanes) is 4. The second-order valence-corrected chi connectivity index (χ2v) is 9.13. The van der Waals surface area contributed by atoms with Crippen LogP contribution in [0.25, 0.3) is 0 Å². The highest BCUT2D eigenvalue weighted by Crippen LogP contribution is 2.61. The second-order valence-electron chi connectivity index (χ2n) is 9.13. The maximum atomic E-state index is 3.86. The first kappa shape index (κ1) is 22.0. The first-order valence-electron chi connectivity index (χ1n) is 12.2. The van der Waals surface area contributed by atoms with Crippen LogP contribution in [0.5, 0.6) is 0 Å². The van der Waals surface area contributed by atoms with E-state index in [1.807, 2.05) is 6.08 Å². The van der Waals surface area contributed by atoms with Gasteiger partial charge in [-0.25, -0.2) is 0 Å². The number of hydrogen-bond acceptors (Lipinski definition) is 0. The summed E-state index contributed by atoms with van der Waals surface area (Å²) in [4.78, 5) is 0. The summed E-state index contributed by atoms with van der Waals surface area (Å²) in [6, 6.07) is 0. The van der Waals surface area contributed by atoms with Crippen molar-refractivity contribution in [1.82, 2.24) is 0 Å². The molecule has 0 amide bonds. The van der Waals surface area contributed by atoms with E-state index < -0.39 is 0 Å². The SMILES string of the molecule is C=CCCCCCCC(C[C]1[C]2C=CC=C[C]2[C]2C=CC=C[C]21)[C]1[CH][CH][C]2C=CC=C[C]21. The van der Waals surface area contributed by atoms with E-state index in [-0.39, 0.29) is 0 Å². The quantitative estimate of drug-likeness (QED) is 0.250. The van der Waals surface area contributed by atoms with E-state index >= 15 is 0 Å². The van der Waals surface area contributed by atoms with Gasteiger partial charge in [-0.1, -0.05) is 98.3 Å². The summed E-state index contributed by atoms with van der Waals surface area (Å²) < 4.78 is 0. The van der Waals surface area contributed by atoms with E-state index in [0.717, 1.165) is 12.8 Å². The van der Waals surface area contributed by atoms with Crippen LogP contribution in [0.1, 0.15) is 44.9 Å². The predicted octanol–water partition coefficient (Wildman–Crippen LogP) is 7.93. The Balaban J connectivity index is 1.31. The Hall–Kier alpha value is -1.82. The monoisotopic (exact) mass is 416 g/mol. The molecule has 5 aliphatic rings. The van der Waals surface area contributed by atoms with Gasteiger partial charge in [-0.15, -0.1) is 6.58 Å². The highest BCUT2D eigenvalue weighted by atomic mass is 14.5. The van der Waals surface area contributed by atoms with Crippen LogP contribution < -0.4 is 0 Å². The Labute approximate surface area is 196 Å². The van der Waals surface area contributed by atoms with Crippen molar-refractivity contribution in [2.75, 3.05) is 0 Å². The molecule has 0 bridgehead atoms. The van der Waals surface area contributed by atoms with Crippen molar-refractivity contribution in [3.63, 3.8) is 0 Å². The zero-order chi connectivity index (χ0) is 21.8. The Morgan fingerprint density at radius 3 is 1.91 bits per heavy atom. The van der Waals surface area contributed by atoms with Crippen LogP contribution in [-0.4, -0.2) is 0 Å². The fourth-order valence-electron chi connectivity index (χ4n) is 5.50. The van der Waals surface area contributed by atoms with Crippen molar-refractivity contribution in [3.8, 4) is 0 Å². The van der Waals surface area contributed by atoms with Crippen LogP contribution in [0.3, 0.4) is 0 Å². The van der Waals surface area contributed by atoms with Crippen LogP contribution in [-0.2, 0) is 0 Å². The fourth-order valence-corrected chi connectivity index (χ4v) is 5.50. The molecule has 1 unspecified atom stereocenters. The van der Waals surface area contributed by atoms with Crippen molar-refractivity contribution in [2.45, 2.75) is 44.9 Å². The predicted molar refractivity (Wildman–Crippen MR) is 135 cm³/mol. The lowest BCUT2D eigenvalue weighted by Gasteiger charge is -2.33. The van der Waals surface area contributed by atoms with Crippen molar-refractivity contribution in [3.05, 3.63) is 146 Å². The maximum Gasteiger partial charge on any atom is 0.0209 e. The topological polar surface area (TPSA) is 0 Å². The molecule has 0 heteroatoms. The third-order valence-corrected chi connectivity index (χ3v) is 7.11. The Morgan fingerprint density at radius 1 is 0.625 bits per heavy atom. The smallest absolute Gasteiger partial charge is 0.0209 e. The van der Waals surface area contributed by atoms with E-state index in [9.17, 15) is 0 Å². The lowest BCUT2D eigenvalue weighted by molar-refractivity contribution is 0.459. The molecular weight excluding hydrogens is 384 g/mol. The van der Waals surface area contributed by atoms with Crippen LogP contribution >= 0.6 is 0 Å². The molecule has 2 fully saturated rings. The Kier molecular flexibility index (Phi) is 7.16. The molecule has 1 atom stereocenters. The van der Waals surface area contributed by atoms with Crippen molar-refractivity contribution >= 4 is 0 Å². The molecule has 0 aliphatic heterocycles. The molecule has 32 heavy (non-hydrogen) atoms. The molecular formula is C32H32. The fraction of sp³-hybridized carbons (Fsp3) is 0.250. The molecule has 5 aliphatic carbocycles. The van der Waals surface area contributed by atoms with Crippen LogP contribution in [0, 0.1) is 66.1 Å². The van der Waals surface area contributed by atoms with Gasteiger partial charge in [-0.2, -0.15) is 0 Å². The van der Waals surface area contributed by atoms with Gasteiger partial charge in [0.15, 0.2) is 0 Å². The van der Waals surface area contributed by atoms with E-state index in [4.69, 9.17) is 0 Å². The molecule has 160 valence electrons. The summed E-state index contributed by atoms with van der Waals surface area (Å²) in [5.41, 5.74) is 0. The molecule has 10 radical (unpaired) electrons. The molecule has 0 aromatic rings. The summed E-state index contributed by atoms with van der Waals surface area (Å²) in [6.07, 6.45) is 42.2. The van der Waals surface area contributed by atoms with E-state index in [1.165, 1.54) is 79.4 Å². The van der Waals surface area contributed by atoms with Gasteiger partial charge < -0.3 is 0 Å². The zero-order valence-electron chi connectivity index (χ0n) is 18.9. The van der Waals surface area contributed by atoms with Gasteiger partial charge in [0.25, 0.3) is 0 Å². The molecule has 0 N–H and O–H groups in total. The van der Waals surface area contributed by atoms with Gasteiger partial charge in [0.1, 0.15) is 0 Å². The van der Waals surface area contributed by atoms with Gasteiger partial charge in [0, 0.05) is 35.5 Å². The van der Waals surface area contributed by atoms with E-state index in [0.29, 0.717) is 5.92 Å². The number of rotatable bonds is 10. The van der Waals surface area contributed by atoms with Crippen LogP contribution in [0.2, 0.25) is 0 Å². The Morgan fingerprint density at radius 2 is 1.22 bits per heavy atom. The molecule has 0 nitrogen and oxygen atoms in total. The second kappa shape index (κ2) is 10.4. The summed E-state index contributed by atoms with van der Waals surface area (Å²) in [5.74, 6) is 12.1. The molecule has 0 spiro atoms. The summed E-state index contributed by atoms with van der Waals surface area (Å²) in [5, 5.41) is 0. The molecule has 2 saturated carbocycles. The standard InChI is InChI=1S/C32H32/c1-2-3-4-5-6-7-15-25(27-22-21-24-14-8-9-16-26(24)27)23-32-30-19-12-10-17-28(30)29-18-11-13-20-31(29)32/h2,8-14,16-22,25H,1,3-7,15,23H2. The van der Waals surface area contributed by atoms with Gasteiger partial charge in [0.2, 0.25) is 0 Å². The lowest BCUT2D eigenvalue weighted by Crippen LogP contribution is -2.23. The molecule has 0 aromatic heterocycles. The highest BCUT2D eigenvalue weighted by Gasteiger charge is 2.51. The highest BCUT2D eigenvalue weighted by molar-refractivity contribution is 5.77. The number of hydrogen-bond donors (Lipinski definition) is 0. The van der Waals surface area contributed by atoms with Gasteiger partial charge in [-0.3, -0.25) is 0 Å². The summed E-state index contributed by atoms with van der Waals surface area (Å²) in [6.45, 7) is 3.86. The molecule has 0 saturated heterocycles. The van der Waals surface area contributed by atoms with Gasteiger partial charge in [-0.05, 0) is 56.3 Å². The lowest BCUT2D eigenvalue weighted by atomic mass is 9.70. The minimum Gasteiger partial charge on any atom is -0.103 e. The minimum absolute atomic E-state index is 0.545. The van der Waals surface area contributed by atoms with Crippen molar-refractivity contribution < 1.29 is 0 Å². The average molecular weight is 417 g/mol. The first-order valence-corrected chi connectivity index (χ1v) is 12.2. The van der Waals surface area contributed by atoms with Gasteiger partial charge >= 0.3 is 0 Å². The minimum atomic E-state index is 0.545. The number of allylic oxidation sites excluding steroid dienone is 13. The van der Waals surface area contributed by atoms with Gasteiger partial charge in [0.05, 0.1) is 0 Å². The number of fused-ring (bicyclic) bond motifs is 4. The van der Waals surface area contributed by atoms with Crippen LogP contribution in [0.15, 0.2) is 85.6 Å². The molecule has 0 heterocycles. The van der Waals surface area contributed by atoms with E-state index in [2.05, 4.69) is 92.3 Å². The Bertz CT molecular complexity index is 783. The molecule has 5 rings (SSSR count). The zero-order valence-corrected chi connectivity index (χ0v) is 18.9. The van der Waals surface area contributed by atoms with Crippen LogP contribution in [0.4, 0.5) is 0 Å². The maximum absolute atomic E-state index is 3.86. The first-order chi connectivity index (χ1) is 15.9. The summed E-state index contributed by atoms with van der Waals surface area (Å²) >= 11 is 0. The largest absolute Gasteiger partial charge is 0.103 e. The van der Waals surface area contributed by atoms with E-state index in [1.54, 1.807) is 0 Å². The van der Waals surface area contributed by atoms with Crippen molar-refractivity contribution in [2.24, 2.45) is 5.92 Å². The third kappa shape index (κ3) is 4.48. The third-order valence-electron chi connectivity index (χ3n) is 7.11. The summed E-state index contributed by atoms with van der Waals surface area (Å²) in [7, 11) is 0. The normalized spacial score (nSPS) is 25.6. The van der Waals surface area contributed by atoms with Crippen molar-refractivity contribution in [1.29, 1.82) is 0 Å².